The zero-order valence-corrected chi connectivity index (χ0v) is 8.46. The minimum absolute atomic E-state index is 1.02. The van der Waals surface area contributed by atoms with Gasteiger partial charge in [-0.05, 0) is 35.4 Å². The van der Waals surface area contributed by atoms with Crippen LogP contribution in [0.3, 0.4) is 0 Å². The number of hydrogen-bond donors (Lipinski definition) is 0. The molecule has 0 atom stereocenters. The monoisotopic (exact) mass is 182 g/mol. The molecule has 0 nitrogen and oxygen atoms in total. The predicted octanol–water partition coefficient (Wildman–Crippen LogP) is 2.24. The Morgan fingerprint density at radius 1 is 1.21 bits per heavy atom. The van der Waals surface area contributed by atoms with Crippen LogP contribution in [0, 0.1) is 0 Å². The summed E-state index contributed by atoms with van der Waals surface area (Å²) in [5, 5.41) is 2.62. The van der Waals surface area contributed by atoms with Gasteiger partial charge in [0.15, 0.2) is 0 Å². The fourth-order valence-corrected chi connectivity index (χ4v) is 1.70. The van der Waals surface area contributed by atoms with Crippen LogP contribution in [0.15, 0.2) is 36.4 Å². The Kier molecular flexibility index (Phi) is 2.36. The molecular formula is C14H14. The van der Waals surface area contributed by atoms with Crippen molar-refractivity contribution in [3.8, 4) is 0 Å². The van der Waals surface area contributed by atoms with Crippen LogP contribution in [0.25, 0.3) is 18.2 Å². The first kappa shape index (κ1) is 9.01. The van der Waals surface area contributed by atoms with E-state index in [0.717, 1.165) is 6.42 Å². The summed E-state index contributed by atoms with van der Waals surface area (Å²) in [6.07, 6.45) is 9.64. The molecule has 0 saturated carbocycles. The zero-order chi connectivity index (χ0) is 9.97. The lowest BCUT2D eigenvalue weighted by atomic mass is 10.1. The second-order valence-electron chi connectivity index (χ2n) is 3.62. The Hall–Kier alpha value is -1.56. The number of fused-ring (bicyclic) bond motifs is 1. The first-order chi connectivity index (χ1) is 6.79. The van der Waals surface area contributed by atoms with Crippen LogP contribution in [0.2, 0.25) is 0 Å². The van der Waals surface area contributed by atoms with Crippen molar-refractivity contribution in [1.82, 2.24) is 0 Å². The van der Waals surface area contributed by atoms with E-state index in [-0.39, 0.29) is 0 Å². The summed E-state index contributed by atoms with van der Waals surface area (Å²) in [4.78, 5) is 0. The molecule has 1 aliphatic rings. The normalized spacial score (nSPS) is 14.2. The van der Waals surface area contributed by atoms with E-state index in [9.17, 15) is 0 Å². The van der Waals surface area contributed by atoms with E-state index in [1.807, 2.05) is 6.08 Å². The first-order valence-electron chi connectivity index (χ1n) is 4.91. The van der Waals surface area contributed by atoms with Crippen molar-refractivity contribution in [2.24, 2.45) is 0 Å². The van der Waals surface area contributed by atoms with Gasteiger partial charge in [-0.25, -0.2) is 0 Å². The minimum atomic E-state index is 1.02. The molecule has 70 valence electrons. The Morgan fingerprint density at radius 3 is 2.86 bits per heavy atom. The molecular weight excluding hydrogens is 168 g/mol. The highest BCUT2D eigenvalue weighted by Gasteiger charge is 1.93. The molecule has 0 fully saturated rings. The van der Waals surface area contributed by atoms with Crippen molar-refractivity contribution in [2.75, 3.05) is 0 Å². The maximum Gasteiger partial charge on any atom is -0.0154 e. The van der Waals surface area contributed by atoms with E-state index in [2.05, 4.69) is 49.9 Å². The summed E-state index contributed by atoms with van der Waals surface area (Å²) < 4.78 is 0. The van der Waals surface area contributed by atoms with Crippen LogP contribution in [0.4, 0.5) is 0 Å². The predicted molar refractivity (Wildman–Crippen MR) is 63.1 cm³/mol. The average Bonchev–Trinajstić information content (AvgIpc) is 2.37. The van der Waals surface area contributed by atoms with E-state index in [4.69, 9.17) is 0 Å². The van der Waals surface area contributed by atoms with E-state index in [0.29, 0.717) is 0 Å². The van der Waals surface area contributed by atoms with Crippen LogP contribution < -0.4 is 10.4 Å². The van der Waals surface area contributed by atoms with Gasteiger partial charge in [-0.3, -0.25) is 0 Å². The SMILES string of the molecule is C=Cc1ccc2c(c1)=CCC=C(C)C=2. The standard InChI is InChI=1S/C14H14/c1-3-12-7-8-14-9-11(2)5-4-6-13(14)10-12/h3,5-10H,1,4H2,2H3. The molecule has 0 heterocycles. The van der Waals surface area contributed by atoms with Crippen LogP contribution >= 0.6 is 0 Å². The molecule has 0 saturated heterocycles. The molecule has 0 aromatic heterocycles. The molecule has 1 aliphatic carbocycles. The number of benzene rings is 1. The van der Waals surface area contributed by atoms with Gasteiger partial charge in [0.25, 0.3) is 0 Å². The van der Waals surface area contributed by atoms with Crippen molar-refractivity contribution in [3.63, 3.8) is 0 Å². The second kappa shape index (κ2) is 3.67. The molecule has 1 aromatic rings. The second-order valence-corrected chi connectivity index (χ2v) is 3.62. The summed E-state index contributed by atoms with van der Waals surface area (Å²) in [7, 11) is 0. The molecule has 0 heteroatoms. The topological polar surface area (TPSA) is 0 Å². The van der Waals surface area contributed by atoms with Crippen molar-refractivity contribution < 1.29 is 0 Å². The van der Waals surface area contributed by atoms with Gasteiger partial charge in [-0.15, -0.1) is 0 Å². The maximum atomic E-state index is 3.78. The molecule has 1 aromatic carbocycles. The highest BCUT2D eigenvalue weighted by Crippen LogP contribution is 2.01. The van der Waals surface area contributed by atoms with Crippen LogP contribution in [0.1, 0.15) is 18.9 Å². The lowest BCUT2D eigenvalue weighted by Crippen LogP contribution is -2.23. The molecule has 0 unspecified atom stereocenters. The molecule has 0 spiro atoms. The Bertz CT molecular complexity index is 501. The third kappa shape index (κ3) is 1.69. The third-order valence-electron chi connectivity index (χ3n) is 2.51. The molecule has 14 heavy (non-hydrogen) atoms. The van der Waals surface area contributed by atoms with Gasteiger partial charge < -0.3 is 0 Å². The first-order valence-corrected chi connectivity index (χ1v) is 4.91. The number of hydrogen-bond acceptors (Lipinski definition) is 0. The average molecular weight is 182 g/mol. The molecule has 0 N–H and O–H groups in total. The maximum absolute atomic E-state index is 3.78. The fourth-order valence-electron chi connectivity index (χ4n) is 1.70. The van der Waals surface area contributed by atoms with Gasteiger partial charge in [0.1, 0.15) is 0 Å². The molecule has 0 amide bonds. The minimum Gasteiger partial charge on any atom is -0.0985 e. The number of allylic oxidation sites excluding steroid dienone is 2. The van der Waals surface area contributed by atoms with E-state index >= 15 is 0 Å². The summed E-state index contributed by atoms with van der Waals surface area (Å²) in [6.45, 7) is 5.92. The van der Waals surface area contributed by atoms with Gasteiger partial charge in [0.2, 0.25) is 0 Å². The van der Waals surface area contributed by atoms with Crippen LogP contribution in [0.5, 0.6) is 0 Å². The fraction of sp³-hybridized carbons (Fsp3) is 0.143. The highest BCUT2D eigenvalue weighted by atomic mass is 14.0. The Morgan fingerprint density at radius 2 is 2.07 bits per heavy atom. The van der Waals surface area contributed by atoms with Gasteiger partial charge in [0, 0.05) is 0 Å². The van der Waals surface area contributed by atoms with Crippen molar-refractivity contribution in [1.29, 1.82) is 0 Å². The van der Waals surface area contributed by atoms with Gasteiger partial charge in [-0.2, -0.15) is 0 Å². The molecule has 2 rings (SSSR count). The van der Waals surface area contributed by atoms with E-state index < -0.39 is 0 Å². The van der Waals surface area contributed by atoms with Crippen LogP contribution in [-0.4, -0.2) is 0 Å². The van der Waals surface area contributed by atoms with E-state index in [1.54, 1.807) is 0 Å². The lowest BCUT2D eigenvalue weighted by molar-refractivity contribution is 1.42. The molecule has 0 aliphatic heterocycles. The van der Waals surface area contributed by atoms with E-state index in [1.165, 1.54) is 21.6 Å². The van der Waals surface area contributed by atoms with Gasteiger partial charge >= 0.3 is 0 Å². The summed E-state index contributed by atoms with van der Waals surface area (Å²) in [5.41, 5.74) is 2.53. The van der Waals surface area contributed by atoms with Crippen molar-refractivity contribution >= 4 is 18.2 Å². The smallest absolute Gasteiger partial charge is 0.0154 e. The quantitative estimate of drug-likeness (QED) is 0.625. The lowest BCUT2D eigenvalue weighted by Gasteiger charge is -1.93. The van der Waals surface area contributed by atoms with Crippen LogP contribution in [-0.2, 0) is 0 Å². The largest absolute Gasteiger partial charge is 0.0985 e. The third-order valence-corrected chi connectivity index (χ3v) is 2.51. The zero-order valence-electron chi connectivity index (χ0n) is 8.46. The summed E-state index contributed by atoms with van der Waals surface area (Å²) >= 11 is 0. The summed E-state index contributed by atoms with van der Waals surface area (Å²) in [5.74, 6) is 0. The Balaban J connectivity index is 2.71. The van der Waals surface area contributed by atoms with Gasteiger partial charge in [0.05, 0.1) is 0 Å². The molecule has 0 radical (unpaired) electrons. The number of rotatable bonds is 1. The van der Waals surface area contributed by atoms with Crippen molar-refractivity contribution in [2.45, 2.75) is 13.3 Å². The molecule has 0 bridgehead atoms. The van der Waals surface area contributed by atoms with Crippen molar-refractivity contribution in [3.05, 3.63) is 52.4 Å². The Labute approximate surface area is 84.6 Å². The highest BCUT2D eigenvalue weighted by molar-refractivity contribution is 5.54. The van der Waals surface area contributed by atoms with Gasteiger partial charge in [-0.1, -0.05) is 48.6 Å². The summed E-state index contributed by atoms with van der Waals surface area (Å²) in [6, 6.07) is 6.45.